The Bertz CT molecular complexity index is 2480. The van der Waals surface area contributed by atoms with Gasteiger partial charge in [-0.25, -0.2) is 4.98 Å². The van der Waals surface area contributed by atoms with Crippen LogP contribution in [0.1, 0.15) is 0 Å². The van der Waals surface area contributed by atoms with Crippen molar-refractivity contribution in [3.8, 4) is 51.0 Å². The number of aromatic nitrogens is 4. The Hall–Kier alpha value is -6.39. The molecule has 0 spiro atoms. The van der Waals surface area contributed by atoms with Crippen LogP contribution in [0.25, 0.3) is 83.6 Å². The molecule has 0 atom stereocenters. The Morgan fingerprint density at radius 1 is 0.340 bits per heavy atom. The monoisotopic (exact) mass is 600 g/mol. The molecule has 2 aromatic heterocycles. The van der Waals surface area contributed by atoms with Gasteiger partial charge in [-0.1, -0.05) is 152 Å². The number of benzene rings is 7. The number of fused-ring (bicyclic) bond motifs is 5. The van der Waals surface area contributed by atoms with Crippen LogP contribution in [0, 0.1) is 0 Å². The van der Waals surface area contributed by atoms with Crippen molar-refractivity contribution < 1.29 is 0 Å². The topological polar surface area (TPSA) is 43.6 Å². The van der Waals surface area contributed by atoms with E-state index in [0.29, 0.717) is 17.6 Å². The van der Waals surface area contributed by atoms with Gasteiger partial charge in [0, 0.05) is 21.9 Å². The summed E-state index contributed by atoms with van der Waals surface area (Å²) in [6, 6.07) is 59.3. The van der Waals surface area contributed by atoms with Gasteiger partial charge in [0.15, 0.2) is 11.6 Å². The van der Waals surface area contributed by atoms with Crippen molar-refractivity contribution in [2.24, 2.45) is 0 Å². The minimum Gasteiger partial charge on any atom is -0.278 e. The molecule has 0 aliphatic carbocycles. The highest BCUT2D eigenvalue weighted by Gasteiger charge is 2.19. The van der Waals surface area contributed by atoms with Crippen LogP contribution in [0.5, 0.6) is 0 Å². The molecule has 9 rings (SSSR count). The lowest BCUT2D eigenvalue weighted by Gasteiger charge is -2.11. The molecule has 0 amide bonds. The summed E-state index contributed by atoms with van der Waals surface area (Å²) in [5.41, 5.74) is 8.84. The molecule has 220 valence electrons. The molecule has 9 aromatic rings. The SMILES string of the molecule is c1ccc(-c2ccc(-c3ccc4c(ccc5c4c4ccccc4n5-c4nc(-c5ccccc5)nc(-c5ccccc5)n4)c3)cc2)cc1. The van der Waals surface area contributed by atoms with Gasteiger partial charge in [-0.3, -0.25) is 4.57 Å². The molecule has 0 saturated heterocycles. The van der Waals surface area contributed by atoms with Gasteiger partial charge in [0.05, 0.1) is 11.0 Å². The summed E-state index contributed by atoms with van der Waals surface area (Å²) < 4.78 is 2.18. The quantitative estimate of drug-likeness (QED) is 0.197. The third-order valence-electron chi connectivity index (χ3n) is 8.87. The van der Waals surface area contributed by atoms with Crippen LogP contribution < -0.4 is 0 Å². The van der Waals surface area contributed by atoms with Crippen molar-refractivity contribution in [3.05, 3.63) is 170 Å². The summed E-state index contributed by atoms with van der Waals surface area (Å²) in [6.07, 6.45) is 0. The first-order valence-electron chi connectivity index (χ1n) is 15.8. The van der Waals surface area contributed by atoms with Crippen molar-refractivity contribution in [2.45, 2.75) is 0 Å². The fourth-order valence-electron chi connectivity index (χ4n) is 6.58. The lowest BCUT2D eigenvalue weighted by molar-refractivity contribution is 0.953. The summed E-state index contributed by atoms with van der Waals surface area (Å²) in [4.78, 5) is 15.1. The maximum Gasteiger partial charge on any atom is 0.238 e. The Morgan fingerprint density at radius 2 is 0.851 bits per heavy atom. The zero-order valence-electron chi connectivity index (χ0n) is 25.5. The average Bonchev–Trinajstić information content (AvgIpc) is 3.50. The Morgan fingerprint density at radius 3 is 1.49 bits per heavy atom. The van der Waals surface area contributed by atoms with Crippen LogP contribution in [0.2, 0.25) is 0 Å². The van der Waals surface area contributed by atoms with Gasteiger partial charge in [-0.15, -0.1) is 0 Å². The second-order valence-electron chi connectivity index (χ2n) is 11.7. The van der Waals surface area contributed by atoms with E-state index in [-0.39, 0.29) is 0 Å². The van der Waals surface area contributed by atoms with E-state index in [2.05, 4.69) is 114 Å². The largest absolute Gasteiger partial charge is 0.278 e. The molecule has 0 saturated carbocycles. The van der Waals surface area contributed by atoms with Gasteiger partial charge in [0.1, 0.15) is 0 Å². The summed E-state index contributed by atoms with van der Waals surface area (Å²) >= 11 is 0. The molecule has 4 heteroatoms. The maximum absolute atomic E-state index is 5.08. The second-order valence-corrected chi connectivity index (χ2v) is 11.7. The van der Waals surface area contributed by atoms with Gasteiger partial charge in [0.25, 0.3) is 0 Å². The molecule has 47 heavy (non-hydrogen) atoms. The molecule has 0 unspecified atom stereocenters. The van der Waals surface area contributed by atoms with Crippen molar-refractivity contribution in [3.63, 3.8) is 0 Å². The molecular formula is C43H28N4. The van der Waals surface area contributed by atoms with Gasteiger partial charge in [0.2, 0.25) is 5.95 Å². The zero-order valence-corrected chi connectivity index (χ0v) is 25.5. The van der Waals surface area contributed by atoms with E-state index in [1.807, 2.05) is 60.7 Å². The van der Waals surface area contributed by atoms with E-state index in [9.17, 15) is 0 Å². The molecule has 0 aliphatic heterocycles. The van der Waals surface area contributed by atoms with Gasteiger partial charge in [-0.2, -0.15) is 9.97 Å². The number of hydrogen-bond donors (Lipinski definition) is 0. The van der Waals surface area contributed by atoms with Crippen LogP contribution in [0.15, 0.2) is 170 Å². The number of para-hydroxylation sites is 1. The van der Waals surface area contributed by atoms with Crippen LogP contribution in [-0.4, -0.2) is 19.5 Å². The fraction of sp³-hybridized carbons (Fsp3) is 0. The van der Waals surface area contributed by atoms with Crippen LogP contribution in [0.3, 0.4) is 0 Å². The summed E-state index contributed by atoms with van der Waals surface area (Å²) in [6.45, 7) is 0. The van der Waals surface area contributed by atoms with Crippen LogP contribution in [0.4, 0.5) is 0 Å². The highest BCUT2D eigenvalue weighted by atomic mass is 15.2. The van der Waals surface area contributed by atoms with Gasteiger partial charge >= 0.3 is 0 Å². The average molecular weight is 601 g/mol. The van der Waals surface area contributed by atoms with Gasteiger partial charge < -0.3 is 0 Å². The molecular weight excluding hydrogens is 573 g/mol. The predicted molar refractivity (Wildman–Crippen MR) is 193 cm³/mol. The summed E-state index contributed by atoms with van der Waals surface area (Å²) in [5.74, 6) is 1.88. The first-order valence-corrected chi connectivity index (χ1v) is 15.8. The zero-order chi connectivity index (χ0) is 31.2. The first kappa shape index (κ1) is 27.0. The van der Waals surface area contributed by atoms with Crippen molar-refractivity contribution >= 4 is 32.6 Å². The molecule has 4 nitrogen and oxygen atoms in total. The fourth-order valence-corrected chi connectivity index (χ4v) is 6.58. The van der Waals surface area contributed by atoms with E-state index in [1.54, 1.807) is 0 Å². The summed E-state index contributed by atoms with van der Waals surface area (Å²) in [5, 5.41) is 4.74. The standard InChI is InChI=1S/C43H28N4/c1-4-12-29(13-5-1)30-20-22-31(23-21-30)34-24-26-36-35(28-34)25-27-39-40(36)37-18-10-11-19-38(37)47(39)43-45-41(32-14-6-2-7-15-32)44-42(46-43)33-16-8-3-9-17-33/h1-28H. The lowest BCUT2D eigenvalue weighted by Crippen LogP contribution is -2.06. The van der Waals surface area contributed by atoms with E-state index in [1.165, 1.54) is 38.4 Å². The smallest absolute Gasteiger partial charge is 0.238 e. The Kier molecular flexibility index (Phi) is 6.43. The number of hydrogen-bond acceptors (Lipinski definition) is 3. The first-order chi connectivity index (χ1) is 23.3. The predicted octanol–water partition coefficient (Wildman–Crippen LogP) is 10.8. The third-order valence-corrected chi connectivity index (χ3v) is 8.87. The third kappa shape index (κ3) is 4.75. The lowest BCUT2D eigenvalue weighted by atomic mass is 9.97. The highest BCUT2D eigenvalue weighted by molar-refractivity contribution is 6.21. The van der Waals surface area contributed by atoms with Crippen molar-refractivity contribution in [1.29, 1.82) is 0 Å². The highest BCUT2D eigenvalue weighted by Crippen LogP contribution is 2.38. The van der Waals surface area contributed by atoms with Crippen molar-refractivity contribution in [1.82, 2.24) is 19.5 Å². The van der Waals surface area contributed by atoms with E-state index >= 15 is 0 Å². The van der Waals surface area contributed by atoms with E-state index < -0.39 is 0 Å². The molecule has 7 aromatic carbocycles. The molecule has 0 aliphatic rings. The van der Waals surface area contributed by atoms with Crippen LogP contribution >= 0.6 is 0 Å². The number of nitrogens with zero attached hydrogens (tertiary/aromatic N) is 4. The number of rotatable bonds is 5. The maximum atomic E-state index is 5.08. The Balaban J connectivity index is 1.22. The molecule has 0 bridgehead atoms. The van der Waals surface area contributed by atoms with Crippen LogP contribution in [-0.2, 0) is 0 Å². The minimum atomic E-state index is 0.596. The Labute approximate surface area is 272 Å². The van der Waals surface area contributed by atoms with E-state index in [4.69, 9.17) is 15.0 Å². The van der Waals surface area contributed by atoms with Gasteiger partial charge in [-0.05, 0) is 51.2 Å². The molecule has 0 radical (unpaired) electrons. The molecule has 0 fully saturated rings. The molecule has 0 N–H and O–H groups in total. The summed E-state index contributed by atoms with van der Waals surface area (Å²) in [7, 11) is 0. The minimum absolute atomic E-state index is 0.596. The van der Waals surface area contributed by atoms with Crippen molar-refractivity contribution in [2.75, 3.05) is 0 Å². The normalized spacial score (nSPS) is 11.4. The van der Waals surface area contributed by atoms with E-state index in [0.717, 1.165) is 27.5 Å². The second kappa shape index (κ2) is 11.2. The molecule has 2 heterocycles.